The van der Waals surface area contributed by atoms with E-state index in [1.807, 2.05) is 24.3 Å². The molecule has 1 aromatic rings. The molecule has 0 aliphatic carbocycles. The predicted molar refractivity (Wildman–Crippen MR) is 81.2 cm³/mol. The molecule has 3 fully saturated rings. The topological polar surface area (TPSA) is 69.7 Å². The molecule has 1 N–H and O–H groups in total. The molecule has 23 heavy (non-hydrogen) atoms. The Morgan fingerprint density at radius 2 is 1.96 bits per heavy atom. The molecule has 0 bridgehead atoms. The molecule has 0 unspecified atom stereocenters. The first-order valence-electron chi connectivity index (χ1n) is 8.07. The number of rotatable bonds is 0. The maximum absolute atomic E-state index is 13.1. The number of nitrogens with one attached hydrogen (secondary N) is 1. The third kappa shape index (κ3) is 1.25. The summed E-state index contributed by atoms with van der Waals surface area (Å²) in [4.78, 5) is 41.9. The van der Waals surface area contributed by atoms with Gasteiger partial charge in [0, 0.05) is 24.3 Å². The van der Waals surface area contributed by atoms with Gasteiger partial charge in [-0.25, -0.2) is 0 Å². The fourth-order valence-electron chi connectivity index (χ4n) is 5.30. The van der Waals surface area contributed by atoms with Crippen molar-refractivity contribution in [2.45, 2.75) is 24.4 Å². The van der Waals surface area contributed by atoms with Crippen molar-refractivity contribution in [3.05, 3.63) is 29.8 Å². The number of imide groups is 1. The molecule has 0 radical (unpaired) electrons. The van der Waals surface area contributed by atoms with Gasteiger partial charge in [-0.05, 0) is 25.5 Å². The Morgan fingerprint density at radius 3 is 2.78 bits per heavy atom. The van der Waals surface area contributed by atoms with Crippen LogP contribution in [0.5, 0.6) is 0 Å². The van der Waals surface area contributed by atoms with Crippen LogP contribution in [0.25, 0.3) is 0 Å². The SMILES string of the molecule is CN1C(=O)[C@H]2[C@H]3CCCN3[C@@]3(C(=O)Nc4ccccc43)[C@@H]2C1=O. The highest BCUT2D eigenvalue weighted by atomic mass is 16.2. The van der Waals surface area contributed by atoms with E-state index in [1.54, 1.807) is 0 Å². The zero-order valence-electron chi connectivity index (χ0n) is 12.8. The first-order valence-corrected chi connectivity index (χ1v) is 8.07. The third-order valence-electron chi connectivity index (χ3n) is 6.12. The van der Waals surface area contributed by atoms with Gasteiger partial charge in [0.25, 0.3) is 0 Å². The van der Waals surface area contributed by atoms with Gasteiger partial charge in [-0.2, -0.15) is 0 Å². The van der Waals surface area contributed by atoms with Gasteiger partial charge in [-0.1, -0.05) is 18.2 Å². The molecule has 1 spiro atoms. The fraction of sp³-hybridized carbons (Fsp3) is 0.471. The van der Waals surface area contributed by atoms with E-state index >= 15 is 0 Å². The Bertz CT molecular complexity index is 776. The minimum absolute atomic E-state index is 0.0155. The summed E-state index contributed by atoms with van der Waals surface area (Å²) in [5, 5.41) is 2.94. The van der Waals surface area contributed by atoms with Crippen LogP contribution in [0, 0.1) is 11.8 Å². The second-order valence-electron chi connectivity index (χ2n) is 6.91. The Balaban J connectivity index is 1.80. The van der Waals surface area contributed by atoms with Crippen molar-refractivity contribution < 1.29 is 14.4 Å². The Labute approximate surface area is 133 Å². The van der Waals surface area contributed by atoms with Gasteiger partial charge in [0.2, 0.25) is 17.7 Å². The normalized spacial score (nSPS) is 38.2. The quantitative estimate of drug-likeness (QED) is 0.710. The number of likely N-dealkylation sites (tertiary alicyclic amines) is 1. The van der Waals surface area contributed by atoms with Gasteiger partial charge in [0.1, 0.15) is 5.54 Å². The molecule has 6 heteroatoms. The minimum Gasteiger partial charge on any atom is -0.324 e. The van der Waals surface area contributed by atoms with E-state index in [9.17, 15) is 14.4 Å². The van der Waals surface area contributed by atoms with E-state index in [0.29, 0.717) is 0 Å². The van der Waals surface area contributed by atoms with Gasteiger partial charge >= 0.3 is 0 Å². The maximum Gasteiger partial charge on any atom is 0.250 e. The average molecular weight is 311 g/mol. The molecule has 3 amide bonds. The van der Waals surface area contributed by atoms with Crippen molar-refractivity contribution in [2.75, 3.05) is 18.9 Å². The molecule has 3 saturated heterocycles. The highest BCUT2D eigenvalue weighted by Crippen LogP contribution is 2.59. The molecule has 0 aromatic heterocycles. The number of benzene rings is 1. The molecule has 1 aromatic carbocycles. The molecule has 4 atom stereocenters. The number of hydrogen-bond acceptors (Lipinski definition) is 4. The first-order chi connectivity index (χ1) is 11.1. The smallest absolute Gasteiger partial charge is 0.250 e. The molecule has 4 aliphatic heterocycles. The predicted octanol–water partition coefficient (Wildman–Crippen LogP) is 0.543. The molecular weight excluding hydrogens is 294 g/mol. The number of hydrogen-bond donors (Lipinski definition) is 1. The van der Waals surface area contributed by atoms with Crippen LogP contribution in [0.1, 0.15) is 18.4 Å². The maximum atomic E-state index is 13.1. The number of anilines is 1. The molecular formula is C17H17N3O3. The fourth-order valence-corrected chi connectivity index (χ4v) is 5.30. The van der Waals surface area contributed by atoms with Crippen LogP contribution >= 0.6 is 0 Å². The molecule has 6 nitrogen and oxygen atoms in total. The molecule has 5 rings (SSSR count). The van der Waals surface area contributed by atoms with Gasteiger partial charge in [0.15, 0.2) is 0 Å². The number of carbonyl (C=O) groups is 3. The summed E-state index contributed by atoms with van der Waals surface area (Å²) in [7, 11) is 1.54. The van der Waals surface area contributed by atoms with Crippen LogP contribution in [0.4, 0.5) is 5.69 Å². The highest BCUT2D eigenvalue weighted by Gasteiger charge is 2.74. The minimum atomic E-state index is -1.01. The number of amides is 3. The van der Waals surface area contributed by atoms with Gasteiger partial charge in [-0.3, -0.25) is 24.2 Å². The summed E-state index contributed by atoms with van der Waals surface area (Å²) in [5.74, 6) is -1.51. The summed E-state index contributed by atoms with van der Waals surface area (Å²) >= 11 is 0. The van der Waals surface area contributed by atoms with E-state index in [2.05, 4.69) is 10.2 Å². The van der Waals surface area contributed by atoms with Crippen LogP contribution in [0.3, 0.4) is 0 Å². The highest BCUT2D eigenvalue weighted by molar-refractivity contribution is 6.15. The van der Waals surface area contributed by atoms with Crippen molar-refractivity contribution in [1.82, 2.24) is 9.80 Å². The summed E-state index contributed by atoms with van der Waals surface area (Å²) < 4.78 is 0. The van der Waals surface area contributed by atoms with Crippen molar-refractivity contribution in [1.29, 1.82) is 0 Å². The monoisotopic (exact) mass is 311 g/mol. The lowest BCUT2D eigenvalue weighted by molar-refractivity contribution is -0.144. The van der Waals surface area contributed by atoms with Crippen molar-refractivity contribution in [2.24, 2.45) is 11.8 Å². The summed E-state index contributed by atoms with van der Waals surface area (Å²) in [6, 6.07) is 7.54. The van der Waals surface area contributed by atoms with Gasteiger partial charge in [-0.15, -0.1) is 0 Å². The largest absolute Gasteiger partial charge is 0.324 e. The molecule has 4 aliphatic rings. The Hall–Kier alpha value is -2.21. The standard InChI is InChI=1S/C17H17N3O3/c1-19-14(21)12-11-7-4-8-20(11)17(13(12)15(19)22)9-5-2-3-6-10(9)18-16(17)23/h2-3,5-6,11-13H,4,7-8H2,1H3,(H,18,23)/t11-,12+,13+,17-/m1/s1. The number of nitrogens with zero attached hydrogens (tertiary/aromatic N) is 2. The van der Waals surface area contributed by atoms with E-state index in [-0.39, 0.29) is 23.8 Å². The Kier molecular flexibility index (Phi) is 2.30. The number of carbonyl (C=O) groups excluding carboxylic acids is 3. The third-order valence-corrected chi connectivity index (χ3v) is 6.12. The van der Waals surface area contributed by atoms with E-state index in [4.69, 9.17) is 0 Å². The number of para-hydroxylation sites is 1. The lowest BCUT2D eigenvalue weighted by atomic mass is 9.75. The molecule has 118 valence electrons. The second kappa shape index (κ2) is 4.00. The zero-order chi connectivity index (χ0) is 15.9. The lowest BCUT2D eigenvalue weighted by Gasteiger charge is -2.36. The summed E-state index contributed by atoms with van der Waals surface area (Å²) in [6.45, 7) is 0.754. The van der Waals surface area contributed by atoms with E-state index in [1.165, 1.54) is 11.9 Å². The van der Waals surface area contributed by atoms with Gasteiger partial charge in [0.05, 0.1) is 11.8 Å². The van der Waals surface area contributed by atoms with E-state index in [0.717, 1.165) is 30.6 Å². The van der Waals surface area contributed by atoms with Crippen molar-refractivity contribution in [3.63, 3.8) is 0 Å². The first kappa shape index (κ1) is 13.2. The Morgan fingerprint density at radius 1 is 1.17 bits per heavy atom. The van der Waals surface area contributed by atoms with Crippen LogP contribution in [0.2, 0.25) is 0 Å². The summed E-state index contributed by atoms with van der Waals surface area (Å²) in [5.41, 5.74) is 0.597. The van der Waals surface area contributed by atoms with Crippen LogP contribution in [0.15, 0.2) is 24.3 Å². The van der Waals surface area contributed by atoms with Crippen molar-refractivity contribution in [3.8, 4) is 0 Å². The number of fused-ring (bicyclic) bond motifs is 7. The second-order valence-corrected chi connectivity index (χ2v) is 6.91. The van der Waals surface area contributed by atoms with Gasteiger partial charge < -0.3 is 5.32 Å². The van der Waals surface area contributed by atoms with Crippen molar-refractivity contribution >= 4 is 23.4 Å². The lowest BCUT2D eigenvalue weighted by Crippen LogP contribution is -2.53. The van der Waals surface area contributed by atoms with E-state index < -0.39 is 17.4 Å². The molecule has 4 heterocycles. The molecule has 0 saturated carbocycles. The zero-order valence-corrected chi connectivity index (χ0v) is 12.8. The van der Waals surface area contributed by atoms with Crippen LogP contribution in [-0.2, 0) is 19.9 Å². The summed E-state index contributed by atoms with van der Waals surface area (Å²) in [6.07, 6.45) is 1.82. The average Bonchev–Trinajstić information content (AvgIpc) is 3.23. The van der Waals surface area contributed by atoms with Crippen LogP contribution in [-0.4, -0.2) is 47.2 Å². The van der Waals surface area contributed by atoms with Crippen LogP contribution < -0.4 is 5.32 Å².